The van der Waals surface area contributed by atoms with Gasteiger partial charge < -0.3 is 10.1 Å². The van der Waals surface area contributed by atoms with Gasteiger partial charge in [0.2, 0.25) is 10.0 Å². The van der Waals surface area contributed by atoms with Crippen LogP contribution in [0.5, 0.6) is 0 Å². The number of rotatable bonds is 6. The molecule has 0 amide bonds. The lowest BCUT2D eigenvalue weighted by molar-refractivity contribution is 0.122. The normalized spacial score (nSPS) is 22.2. The summed E-state index contributed by atoms with van der Waals surface area (Å²) in [6.45, 7) is 1.12. The topological polar surface area (TPSA) is 67.4 Å². The maximum Gasteiger partial charge on any atom is 0.243 e. The molecule has 1 unspecified atom stereocenters. The van der Waals surface area contributed by atoms with E-state index in [4.69, 9.17) is 4.74 Å². The highest BCUT2D eigenvalue weighted by Gasteiger charge is 2.35. The minimum absolute atomic E-state index is 0.0420. The molecule has 0 aliphatic carbocycles. The quantitative estimate of drug-likeness (QED) is 0.716. The van der Waals surface area contributed by atoms with Crippen molar-refractivity contribution in [3.05, 3.63) is 28.2 Å². The molecule has 1 saturated heterocycles. The molecule has 1 aromatic rings. The zero-order valence-electron chi connectivity index (χ0n) is 12.0. The molecule has 0 aromatic heterocycles. The predicted octanol–water partition coefficient (Wildman–Crippen LogP) is 1.77. The SMILES string of the molecule is COCC1(CNS(=O)(=O)c2cc(F)c(Br)cc2F)CCCN1. The van der Waals surface area contributed by atoms with Gasteiger partial charge in [-0.2, -0.15) is 0 Å². The summed E-state index contributed by atoms with van der Waals surface area (Å²) in [5.41, 5.74) is -0.522. The number of halogens is 3. The van der Waals surface area contributed by atoms with Crippen molar-refractivity contribution < 1.29 is 21.9 Å². The lowest BCUT2D eigenvalue weighted by Gasteiger charge is -2.28. The van der Waals surface area contributed by atoms with Crippen LogP contribution in [0, 0.1) is 11.6 Å². The van der Waals surface area contributed by atoms with Gasteiger partial charge >= 0.3 is 0 Å². The first-order valence-electron chi connectivity index (χ1n) is 6.68. The van der Waals surface area contributed by atoms with Crippen molar-refractivity contribution in [2.75, 3.05) is 26.8 Å². The average molecular weight is 399 g/mol. The van der Waals surface area contributed by atoms with Gasteiger partial charge in [0.15, 0.2) is 0 Å². The van der Waals surface area contributed by atoms with E-state index in [1.54, 1.807) is 0 Å². The summed E-state index contributed by atoms with van der Waals surface area (Å²) < 4.78 is 59.1. The standard InChI is InChI=1S/C13H17BrF2N2O3S/c1-21-8-13(3-2-4-17-13)7-18-22(19,20)12-6-10(15)9(14)5-11(12)16/h5-6,17-18H,2-4,7-8H2,1H3. The first-order valence-corrected chi connectivity index (χ1v) is 8.95. The highest BCUT2D eigenvalue weighted by atomic mass is 79.9. The van der Waals surface area contributed by atoms with Gasteiger partial charge in [0.25, 0.3) is 0 Å². The monoisotopic (exact) mass is 398 g/mol. The second-order valence-corrected chi connectivity index (χ2v) is 7.85. The van der Waals surface area contributed by atoms with E-state index in [2.05, 4.69) is 26.0 Å². The number of ether oxygens (including phenoxy) is 1. The third-order valence-electron chi connectivity index (χ3n) is 3.62. The summed E-state index contributed by atoms with van der Waals surface area (Å²) in [5.74, 6) is -1.85. The van der Waals surface area contributed by atoms with E-state index in [0.717, 1.165) is 25.5 Å². The number of methoxy groups -OCH3 is 1. The van der Waals surface area contributed by atoms with E-state index in [1.165, 1.54) is 7.11 Å². The zero-order valence-corrected chi connectivity index (χ0v) is 14.4. The molecule has 2 N–H and O–H groups in total. The molecule has 9 heteroatoms. The summed E-state index contributed by atoms with van der Waals surface area (Å²) >= 11 is 2.81. The maximum atomic E-state index is 13.8. The lowest BCUT2D eigenvalue weighted by atomic mass is 9.99. The summed E-state index contributed by atoms with van der Waals surface area (Å²) in [5, 5.41) is 3.20. The van der Waals surface area contributed by atoms with Gasteiger partial charge in [0, 0.05) is 13.7 Å². The van der Waals surface area contributed by atoms with Crippen LogP contribution in [0.4, 0.5) is 8.78 Å². The van der Waals surface area contributed by atoms with Crippen LogP contribution < -0.4 is 10.0 Å². The molecule has 1 fully saturated rings. The smallest absolute Gasteiger partial charge is 0.243 e. The molecule has 1 heterocycles. The summed E-state index contributed by atoms with van der Waals surface area (Å²) in [4.78, 5) is -0.709. The summed E-state index contributed by atoms with van der Waals surface area (Å²) in [6, 6.07) is 1.45. The second kappa shape index (κ2) is 6.88. The zero-order chi connectivity index (χ0) is 16.4. The number of sulfonamides is 1. The van der Waals surface area contributed by atoms with E-state index in [9.17, 15) is 17.2 Å². The average Bonchev–Trinajstić information content (AvgIpc) is 2.90. The third kappa shape index (κ3) is 3.83. The summed E-state index contributed by atoms with van der Waals surface area (Å²) in [6.07, 6.45) is 1.63. The Hall–Kier alpha value is -0.610. The lowest BCUT2D eigenvalue weighted by Crippen LogP contribution is -2.52. The third-order valence-corrected chi connectivity index (χ3v) is 5.64. The number of nitrogens with one attached hydrogen (secondary N) is 2. The van der Waals surface area contributed by atoms with Crippen LogP contribution in [0.15, 0.2) is 21.5 Å². The Morgan fingerprint density at radius 3 is 2.73 bits per heavy atom. The molecule has 1 aliphatic heterocycles. The van der Waals surface area contributed by atoms with Gasteiger partial charge in [-0.3, -0.25) is 0 Å². The predicted molar refractivity (Wildman–Crippen MR) is 81.1 cm³/mol. The van der Waals surface area contributed by atoms with Crippen LogP contribution in [0.3, 0.4) is 0 Å². The van der Waals surface area contributed by atoms with Crippen molar-refractivity contribution >= 4 is 26.0 Å². The maximum absolute atomic E-state index is 13.8. The van der Waals surface area contributed by atoms with Crippen LogP contribution in [-0.4, -0.2) is 40.8 Å². The molecule has 22 heavy (non-hydrogen) atoms. The van der Waals surface area contributed by atoms with Crippen molar-refractivity contribution in [3.63, 3.8) is 0 Å². The van der Waals surface area contributed by atoms with E-state index in [0.29, 0.717) is 12.7 Å². The van der Waals surface area contributed by atoms with Crippen molar-refractivity contribution in [3.8, 4) is 0 Å². The Balaban J connectivity index is 2.19. The first-order chi connectivity index (χ1) is 10.3. The van der Waals surface area contributed by atoms with Gasteiger partial charge in [0.1, 0.15) is 16.5 Å². The van der Waals surface area contributed by atoms with Crippen LogP contribution in [-0.2, 0) is 14.8 Å². The first kappa shape index (κ1) is 17.7. The van der Waals surface area contributed by atoms with Gasteiger partial charge in [-0.05, 0) is 47.4 Å². The highest BCUT2D eigenvalue weighted by Crippen LogP contribution is 2.24. The Morgan fingerprint density at radius 2 is 2.14 bits per heavy atom. The van der Waals surface area contributed by atoms with Gasteiger partial charge in [-0.25, -0.2) is 21.9 Å². The minimum atomic E-state index is -4.16. The fraction of sp³-hybridized carbons (Fsp3) is 0.538. The van der Waals surface area contributed by atoms with Gasteiger partial charge in [-0.15, -0.1) is 0 Å². The molecule has 1 aromatic carbocycles. The Labute approximate surface area is 136 Å². The Bertz CT molecular complexity index is 649. The van der Waals surface area contributed by atoms with E-state index in [1.807, 2.05) is 0 Å². The van der Waals surface area contributed by atoms with E-state index in [-0.39, 0.29) is 11.0 Å². The molecule has 2 rings (SSSR count). The number of hydrogen-bond acceptors (Lipinski definition) is 4. The second-order valence-electron chi connectivity index (χ2n) is 5.26. The fourth-order valence-corrected chi connectivity index (χ4v) is 4.00. The molecule has 124 valence electrons. The molecule has 0 spiro atoms. The van der Waals surface area contributed by atoms with Crippen LogP contribution in [0.2, 0.25) is 0 Å². The molecular weight excluding hydrogens is 382 g/mol. The number of benzene rings is 1. The Morgan fingerprint density at radius 1 is 1.41 bits per heavy atom. The fourth-order valence-electron chi connectivity index (χ4n) is 2.49. The van der Waals surface area contributed by atoms with Gasteiger partial charge in [0.05, 0.1) is 16.6 Å². The van der Waals surface area contributed by atoms with Crippen molar-refractivity contribution in [2.24, 2.45) is 0 Å². The molecule has 1 atom stereocenters. The highest BCUT2D eigenvalue weighted by molar-refractivity contribution is 9.10. The molecule has 0 radical (unpaired) electrons. The Kier molecular flexibility index (Phi) is 5.54. The molecule has 5 nitrogen and oxygen atoms in total. The van der Waals surface area contributed by atoms with E-state index < -0.39 is 32.1 Å². The van der Waals surface area contributed by atoms with Gasteiger partial charge in [-0.1, -0.05) is 0 Å². The van der Waals surface area contributed by atoms with Crippen molar-refractivity contribution in [1.29, 1.82) is 0 Å². The van der Waals surface area contributed by atoms with Crippen LogP contribution in [0.25, 0.3) is 0 Å². The number of hydrogen-bond donors (Lipinski definition) is 2. The largest absolute Gasteiger partial charge is 0.383 e. The molecular formula is C13H17BrF2N2O3S. The van der Waals surface area contributed by atoms with Crippen molar-refractivity contribution in [1.82, 2.24) is 10.0 Å². The van der Waals surface area contributed by atoms with Crippen LogP contribution >= 0.6 is 15.9 Å². The molecule has 0 bridgehead atoms. The summed E-state index contributed by atoms with van der Waals surface area (Å²) in [7, 11) is -2.63. The van der Waals surface area contributed by atoms with Crippen LogP contribution in [0.1, 0.15) is 12.8 Å². The van der Waals surface area contributed by atoms with Crippen molar-refractivity contribution in [2.45, 2.75) is 23.3 Å². The molecule has 0 saturated carbocycles. The van der Waals surface area contributed by atoms with E-state index >= 15 is 0 Å². The minimum Gasteiger partial charge on any atom is -0.383 e. The molecule has 1 aliphatic rings.